The van der Waals surface area contributed by atoms with E-state index in [0.717, 1.165) is 29.0 Å². The van der Waals surface area contributed by atoms with Gasteiger partial charge in [0.15, 0.2) is 5.82 Å². The first-order chi connectivity index (χ1) is 16.1. The topological polar surface area (TPSA) is 9.23 Å². The van der Waals surface area contributed by atoms with Crippen molar-refractivity contribution in [2.75, 3.05) is 7.11 Å². The molecule has 4 rings (SSSR count). The Labute approximate surface area is 201 Å². The van der Waals surface area contributed by atoms with E-state index in [0.29, 0.717) is 11.3 Å². The molecular formula is C30H30ClFO. The zero-order valence-electron chi connectivity index (χ0n) is 19.3. The number of benzene rings is 3. The van der Waals surface area contributed by atoms with E-state index in [-0.39, 0.29) is 5.02 Å². The fourth-order valence-electron chi connectivity index (χ4n) is 4.54. The van der Waals surface area contributed by atoms with Gasteiger partial charge in [-0.25, -0.2) is 4.39 Å². The highest BCUT2D eigenvalue weighted by atomic mass is 35.5. The van der Waals surface area contributed by atoms with Crippen LogP contribution in [0.3, 0.4) is 0 Å². The van der Waals surface area contributed by atoms with E-state index in [4.69, 9.17) is 16.3 Å². The third kappa shape index (κ3) is 5.39. The Bertz CT molecular complexity index is 1140. The third-order valence-electron chi connectivity index (χ3n) is 6.55. The van der Waals surface area contributed by atoms with Gasteiger partial charge in [0.2, 0.25) is 0 Å². The first-order valence-electron chi connectivity index (χ1n) is 11.6. The molecule has 0 spiro atoms. The Hall–Kier alpha value is -2.84. The van der Waals surface area contributed by atoms with Crippen molar-refractivity contribution in [1.29, 1.82) is 0 Å². The number of rotatable bonds is 7. The highest BCUT2D eigenvalue weighted by Crippen LogP contribution is 2.36. The van der Waals surface area contributed by atoms with E-state index < -0.39 is 5.82 Å². The molecule has 0 aromatic heterocycles. The number of methoxy groups -OCH3 is 1. The second-order valence-corrected chi connectivity index (χ2v) is 8.99. The van der Waals surface area contributed by atoms with Gasteiger partial charge in [0.05, 0.1) is 7.11 Å². The molecule has 0 saturated heterocycles. The van der Waals surface area contributed by atoms with Gasteiger partial charge in [-0.3, -0.25) is 0 Å². The van der Waals surface area contributed by atoms with Crippen LogP contribution in [-0.2, 0) is 0 Å². The predicted molar refractivity (Wildman–Crippen MR) is 138 cm³/mol. The summed E-state index contributed by atoms with van der Waals surface area (Å²) in [5.41, 5.74) is 6.29. The van der Waals surface area contributed by atoms with E-state index >= 15 is 0 Å². The molecule has 1 nitrogen and oxygen atoms in total. The molecule has 33 heavy (non-hydrogen) atoms. The fraction of sp³-hybridized carbons (Fsp3) is 0.267. The van der Waals surface area contributed by atoms with Crippen LogP contribution in [0, 0.1) is 11.7 Å². The van der Waals surface area contributed by atoms with E-state index in [9.17, 15) is 4.39 Å². The van der Waals surface area contributed by atoms with Gasteiger partial charge < -0.3 is 4.74 Å². The van der Waals surface area contributed by atoms with Gasteiger partial charge in [-0.2, -0.15) is 0 Å². The summed E-state index contributed by atoms with van der Waals surface area (Å²) >= 11 is 6.08. The average Bonchev–Trinajstić information content (AvgIpc) is 2.87. The summed E-state index contributed by atoms with van der Waals surface area (Å²) in [5.74, 6) is 0.693. The molecule has 1 atom stereocenters. The molecule has 3 aromatic carbocycles. The zero-order valence-corrected chi connectivity index (χ0v) is 20.0. The van der Waals surface area contributed by atoms with Crippen molar-refractivity contribution in [3.05, 3.63) is 95.3 Å². The Morgan fingerprint density at radius 1 is 0.939 bits per heavy atom. The lowest BCUT2D eigenvalue weighted by Gasteiger charge is -2.22. The fourth-order valence-corrected chi connectivity index (χ4v) is 4.78. The minimum Gasteiger partial charge on any atom is -0.495 e. The Morgan fingerprint density at radius 2 is 1.58 bits per heavy atom. The zero-order chi connectivity index (χ0) is 23.2. The van der Waals surface area contributed by atoms with Gasteiger partial charge in [-0.05, 0) is 84.9 Å². The number of hydrogen-bond donors (Lipinski definition) is 0. The molecule has 1 aliphatic rings. The SMILES string of the molecule is C/C=C/CCC1CC=C(c2ccc(-c3ccc(-c4ccc(OC)c(Cl)c4F)cc3)cc2)CC1. The lowest BCUT2D eigenvalue weighted by molar-refractivity contribution is 0.412. The molecule has 0 fully saturated rings. The maximum Gasteiger partial charge on any atom is 0.153 e. The van der Waals surface area contributed by atoms with Gasteiger partial charge in [-0.15, -0.1) is 0 Å². The number of halogens is 2. The Kier molecular flexibility index (Phi) is 7.67. The smallest absolute Gasteiger partial charge is 0.153 e. The maximum atomic E-state index is 14.7. The van der Waals surface area contributed by atoms with Crippen molar-refractivity contribution in [1.82, 2.24) is 0 Å². The monoisotopic (exact) mass is 460 g/mol. The molecule has 0 aliphatic heterocycles. The quantitative estimate of drug-likeness (QED) is 0.319. The molecule has 3 aromatic rings. The molecule has 0 saturated carbocycles. The predicted octanol–water partition coefficient (Wildman–Crippen LogP) is 9.36. The van der Waals surface area contributed by atoms with E-state index in [2.05, 4.69) is 49.4 Å². The second-order valence-electron chi connectivity index (χ2n) is 8.61. The van der Waals surface area contributed by atoms with Crippen LogP contribution in [0.1, 0.15) is 44.6 Å². The van der Waals surface area contributed by atoms with Crippen molar-refractivity contribution >= 4 is 17.2 Å². The van der Waals surface area contributed by atoms with Gasteiger partial charge in [0.25, 0.3) is 0 Å². The van der Waals surface area contributed by atoms with Crippen LogP contribution in [0.5, 0.6) is 5.75 Å². The van der Waals surface area contributed by atoms with Crippen LogP contribution in [0.4, 0.5) is 4.39 Å². The van der Waals surface area contributed by atoms with Crippen molar-refractivity contribution < 1.29 is 9.13 Å². The summed E-state index contributed by atoms with van der Waals surface area (Å²) in [7, 11) is 1.48. The summed E-state index contributed by atoms with van der Waals surface area (Å²) in [6.45, 7) is 2.09. The molecule has 0 N–H and O–H groups in total. The highest BCUT2D eigenvalue weighted by molar-refractivity contribution is 6.32. The minimum absolute atomic E-state index is 0.0100. The van der Waals surface area contributed by atoms with Crippen LogP contribution >= 0.6 is 11.6 Å². The molecule has 0 radical (unpaired) electrons. The molecular weight excluding hydrogens is 431 g/mol. The average molecular weight is 461 g/mol. The number of ether oxygens (including phenoxy) is 1. The van der Waals surface area contributed by atoms with Gasteiger partial charge in [0, 0.05) is 5.56 Å². The Balaban J connectivity index is 1.45. The first kappa shape index (κ1) is 23.3. The molecule has 0 amide bonds. The van der Waals surface area contributed by atoms with E-state index in [1.807, 2.05) is 24.3 Å². The van der Waals surface area contributed by atoms with Crippen LogP contribution in [0.2, 0.25) is 5.02 Å². The van der Waals surface area contributed by atoms with Crippen LogP contribution in [0.15, 0.2) is 78.9 Å². The molecule has 1 aliphatic carbocycles. The first-order valence-corrected chi connectivity index (χ1v) is 12.0. The third-order valence-corrected chi connectivity index (χ3v) is 6.90. The summed E-state index contributed by atoms with van der Waals surface area (Å²) in [4.78, 5) is 0. The molecule has 0 heterocycles. The van der Waals surface area contributed by atoms with E-state index in [1.54, 1.807) is 12.1 Å². The van der Waals surface area contributed by atoms with Crippen molar-refractivity contribution in [3.8, 4) is 28.0 Å². The normalized spacial score (nSPS) is 16.1. The van der Waals surface area contributed by atoms with Gasteiger partial charge in [0.1, 0.15) is 10.8 Å². The minimum atomic E-state index is -0.460. The number of hydrogen-bond acceptors (Lipinski definition) is 1. The molecule has 0 bridgehead atoms. The summed E-state index contributed by atoms with van der Waals surface area (Å²) in [6, 6.07) is 20.1. The summed E-state index contributed by atoms with van der Waals surface area (Å²) in [6.07, 6.45) is 12.9. The molecule has 3 heteroatoms. The second kappa shape index (κ2) is 10.9. The van der Waals surface area contributed by atoms with Crippen LogP contribution < -0.4 is 4.74 Å². The molecule has 170 valence electrons. The Morgan fingerprint density at radius 3 is 2.15 bits per heavy atom. The highest BCUT2D eigenvalue weighted by Gasteiger charge is 2.16. The van der Waals surface area contributed by atoms with Crippen molar-refractivity contribution in [2.45, 2.75) is 39.0 Å². The van der Waals surface area contributed by atoms with Gasteiger partial charge in [-0.1, -0.05) is 78.4 Å². The summed E-state index contributed by atoms with van der Waals surface area (Å²) < 4.78 is 19.8. The van der Waals surface area contributed by atoms with Crippen molar-refractivity contribution in [3.63, 3.8) is 0 Å². The van der Waals surface area contributed by atoms with E-state index in [1.165, 1.54) is 43.9 Å². The lowest BCUT2D eigenvalue weighted by atomic mass is 9.84. The summed E-state index contributed by atoms with van der Waals surface area (Å²) in [5, 5.41) is 0.0100. The standard InChI is InChI=1S/C30H30ClFO/c1-3-4-5-6-21-7-9-22(10-8-21)23-11-13-24(14-12-23)25-15-17-26(18-16-25)27-19-20-28(33-2)29(31)30(27)32/h3-4,9,11-21H,5-8,10H2,1-2H3/b4-3+. The maximum absolute atomic E-state index is 14.7. The largest absolute Gasteiger partial charge is 0.495 e. The van der Waals surface area contributed by atoms with Crippen molar-refractivity contribution in [2.24, 2.45) is 5.92 Å². The van der Waals surface area contributed by atoms with Crippen LogP contribution in [0.25, 0.3) is 27.8 Å². The molecule has 1 unspecified atom stereocenters. The number of allylic oxidation sites excluding steroid dienone is 4. The lowest BCUT2D eigenvalue weighted by Crippen LogP contribution is -2.05. The van der Waals surface area contributed by atoms with Crippen LogP contribution in [-0.4, -0.2) is 7.11 Å². The van der Waals surface area contributed by atoms with Gasteiger partial charge >= 0.3 is 0 Å².